The summed E-state index contributed by atoms with van der Waals surface area (Å²) < 4.78 is 4.84. The highest BCUT2D eigenvalue weighted by Crippen LogP contribution is 2.20. The molecule has 0 bridgehead atoms. The lowest BCUT2D eigenvalue weighted by Gasteiger charge is -2.17. The van der Waals surface area contributed by atoms with E-state index in [1.54, 1.807) is 11.8 Å². The second-order valence-electron chi connectivity index (χ2n) is 4.47. The van der Waals surface area contributed by atoms with Crippen LogP contribution in [0.25, 0.3) is 0 Å². The van der Waals surface area contributed by atoms with Gasteiger partial charge in [0.1, 0.15) is 4.91 Å². The first kappa shape index (κ1) is 18.4. The van der Waals surface area contributed by atoms with Crippen molar-refractivity contribution in [1.82, 2.24) is 4.90 Å². The predicted octanol–water partition coefficient (Wildman–Crippen LogP) is 4.05. The third-order valence-electron chi connectivity index (χ3n) is 3.00. The minimum Gasteiger partial charge on any atom is -0.465 e. The molecule has 0 rings (SSSR count). The lowest BCUT2D eigenvalue weighted by molar-refractivity contribution is -0.135. The molecule has 0 spiro atoms. The van der Waals surface area contributed by atoms with Gasteiger partial charge in [0.2, 0.25) is 0 Å². The summed E-state index contributed by atoms with van der Waals surface area (Å²) in [6, 6.07) is 0. The molecule has 0 N–H and O–H groups in total. The highest BCUT2D eigenvalue weighted by atomic mass is 32.2. The molecule has 0 aromatic heterocycles. The van der Waals surface area contributed by atoms with Gasteiger partial charge in [0.05, 0.1) is 7.11 Å². The van der Waals surface area contributed by atoms with Crippen LogP contribution >= 0.6 is 11.8 Å². The number of nitrogens with zero attached hydrogens (tertiary/aromatic N) is 1. The van der Waals surface area contributed by atoms with Gasteiger partial charge in [-0.05, 0) is 26.0 Å². The van der Waals surface area contributed by atoms with E-state index in [0.29, 0.717) is 0 Å². The van der Waals surface area contributed by atoms with E-state index in [1.807, 2.05) is 6.20 Å². The number of hydrogen-bond donors (Lipinski definition) is 0. The molecule has 0 aliphatic rings. The Morgan fingerprint density at radius 2 is 1.74 bits per heavy atom. The Labute approximate surface area is 122 Å². The van der Waals surface area contributed by atoms with Crippen molar-refractivity contribution in [2.24, 2.45) is 0 Å². The number of unbranched alkanes of at least 4 members (excludes halogenated alkanes) is 4. The largest absolute Gasteiger partial charge is 0.465 e. The molecule has 4 heteroatoms. The molecular weight excluding hydrogens is 258 g/mol. The number of rotatable bonds is 11. The highest BCUT2D eigenvalue weighted by molar-refractivity contribution is 8.03. The number of esters is 1. The molecule has 0 saturated heterocycles. The summed E-state index contributed by atoms with van der Waals surface area (Å²) in [5, 5.41) is 0. The molecule has 0 aromatic rings. The summed E-state index contributed by atoms with van der Waals surface area (Å²) in [4.78, 5) is 14.6. The van der Waals surface area contributed by atoms with Crippen LogP contribution in [0.1, 0.15) is 52.9 Å². The normalized spacial score (nSPS) is 11.5. The van der Waals surface area contributed by atoms with E-state index in [2.05, 4.69) is 25.7 Å². The summed E-state index contributed by atoms with van der Waals surface area (Å²) in [5.74, 6) is 0.775. The number of carbonyl (C=O) groups is 1. The third-order valence-corrected chi connectivity index (χ3v) is 4.08. The molecular formula is C15H29NO2S. The van der Waals surface area contributed by atoms with Gasteiger partial charge in [-0.15, -0.1) is 11.8 Å². The molecule has 0 unspecified atom stereocenters. The van der Waals surface area contributed by atoms with Crippen LogP contribution in [0.2, 0.25) is 0 Å². The van der Waals surface area contributed by atoms with E-state index in [9.17, 15) is 4.79 Å². The van der Waals surface area contributed by atoms with Gasteiger partial charge in [-0.25, -0.2) is 4.79 Å². The first-order chi connectivity index (χ1) is 9.19. The lowest BCUT2D eigenvalue weighted by atomic mass is 10.2. The minimum atomic E-state index is -0.217. The predicted molar refractivity (Wildman–Crippen MR) is 84.2 cm³/mol. The lowest BCUT2D eigenvalue weighted by Crippen LogP contribution is -2.18. The van der Waals surface area contributed by atoms with E-state index in [4.69, 9.17) is 4.74 Å². The maximum Gasteiger partial charge on any atom is 0.345 e. The molecule has 0 aliphatic heterocycles. The van der Waals surface area contributed by atoms with E-state index >= 15 is 0 Å². The first-order valence-electron chi connectivity index (χ1n) is 7.36. The number of hydrogen-bond acceptors (Lipinski definition) is 4. The second-order valence-corrected chi connectivity index (χ2v) is 5.61. The zero-order valence-corrected chi connectivity index (χ0v) is 13.7. The summed E-state index contributed by atoms with van der Waals surface area (Å²) in [6.07, 6.45) is 8.22. The van der Waals surface area contributed by atoms with E-state index in [0.717, 1.165) is 30.2 Å². The summed E-state index contributed by atoms with van der Waals surface area (Å²) >= 11 is 1.62. The molecule has 3 nitrogen and oxygen atoms in total. The Balaban J connectivity index is 4.18. The zero-order valence-electron chi connectivity index (χ0n) is 12.9. The van der Waals surface area contributed by atoms with Crippen LogP contribution in [-0.4, -0.2) is 36.8 Å². The van der Waals surface area contributed by atoms with Gasteiger partial charge in [-0.3, -0.25) is 0 Å². The van der Waals surface area contributed by atoms with Crippen molar-refractivity contribution in [2.75, 3.05) is 26.0 Å². The number of methoxy groups -OCH3 is 1. The summed E-state index contributed by atoms with van der Waals surface area (Å²) in [6.45, 7) is 8.22. The van der Waals surface area contributed by atoms with Gasteiger partial charge in [0, 0.05) is 19.3 Å². The van der Waals surface area contributed by atoms with Gasteiger partial charge in [0.15, 0.2) is 0 Å². The van der Waals surface area contributed by atoms with Gasteiger partial charge in [-0.2, -0.15) is 0 Å². The van der Waals surface area contributed by atoms with Crippen LogP contribution < -0.4 is 0 Å². The third kappa shape index (κ3) is 8.98. The Morgan fingerprint density at radius 3 is 2.26 bits per heavy atom. The van der Waals surface area contributed by atoms with Gasteiger partial charge >= 0.3 is 5.97 Å². The zero-order chi connectivity index (χ0) is 14.5. The Hall–Kier alpha value is -0.640. The van der Waals surface area contributed by atoms with E-state index in [1.165, 1.54) is 32.8 Å². The number of ether oxygens (including phenoxy) is 1. The van der Waals surface area contributed by atoms with Crippen LogP contribution in [0, 0.1) is 0 Å². The maximum absolute atomic E-state index is 11.7. The second kappa shape index (κ2) is 12.4. The molecule has 112 valence electrons. The average Bonchev–Trinajstić information content (AvgIpc) is 2.45. The van der Waals surface area contributed by atoms with Crippen molar-refractivity contribution in [2.45, 2.75) is 52.9 Å². The molecule has 0 saturated carbocycles. The van der Waals surface area contributed by atoms with E-state index in [-0.39, 0.29) is 5.97 Å². The van der Waals surface area contributed by atoms with Crippen LogP contribution in [0.3, 0.4) is 0 Å². The number of thioether (sulfide) groups is 1. The smallest absolute Gasteiger partial charge is 0.345 e. The highest BCUT2D eigenvalue weighted by Gasteiger charge is 2.11. The van der Waals surface area contributed by atoms with Crippen LogP contribution in [0.5, 0.6) is 0 Å². The fourth-order valence-corrected chi connectivity index (χ4v) is 2.70. The van der Waals surface area contributed by atoms with Gasteiger partial charge < -0.3 is 9.64 Å². The van der Waals surface area contributed by atoms with Crippen molar-refractivity contribution in [3.63, 3.8) is 0 Å². The molecule has 0 aromatic carbocycles. The molecule has 0 atom stereocenters. The first-order valence-corrected chi connectivity index (χ1v) is 8.35. The van der Waals surface area contributed by atoms with Crippen molar-refractivity contribution in [1.29, 1.82) is 0 Å². The van der Waals surface area contributed by atoms with Crippen LogP contribution in [-0.2, 0) is 9.53 Å². The maximum atomic E-state index is 11.7. The molecule has 19 heavy (non-hydrogen) atoms. The van der Waals surface area contributed by atoms with Crippen molar-refractivity contribution >= 4 is 17.7 Å². The summed E-state index contributed by atoms with van der Waals surface area (Å²) in [5.41, 5.74) is 0. The molecule has 0 heterocycles. The molecule has 0 aliphatic carbocycles. The topological polar surface area (TPSA) is 29.5 Å². The Kier molecular flexibility index (Phi) is 12.0. The van der Waals surface area contributed by atoms with Crippen molar-refractivity contribution in [3.05, 3.63) is 11.1 Å². The molecule has 0 radical (unpaired) electrons. The number of carbonyl (C=O) groups excluding carboxylic acids is 1. The van der Waals surface area contributed by atoms with Crippen LogP contribution in [0.15, 0.2) is 11.1 Å². The molecule has 0 amide bonds. The minimum absolute atomic E-state index is 0.217. The fraction of sp³-hybridized carbons (Fsp3) is 0.800. The fourth-order valence-electron chi connectivity index (χ4n) is 1.71. The quantitative estimate of drug-likeness (QED) is 0.326. The SMILES string of the molecule is CCCCCCCS/C(=C\N(CC)CC)C(=O)OC. The average molecular weight is 287 g/mol. The molecule has 0 fully saturated rings. The Bertz CT molecular complexity index is 263. The summed E-state index contributed by atoms with van der Waals surface area (Å²) in [7, 11) is 1.44. The van der Waals surface area contributed by atoms with Gasteiger partial charge in [-0.1, -0.05) is 32.6 Å². The van der Waals surface area contributed by atoms with Gasteiger partial charge in [0.25, 0.3) is 0 Å². The standard InChI is InChI=1S/C15H29NO2S/c1-5-8-9-10-11-12-19-14(15(17)18-4)13-16(6-2)7-3/h13H,5-12H2,1-4H3/b14-13-. The van der Waals surface area contributed by atoms with E-state index < -0.39 is 0 Å². The Morgan fingerprint density at radius 1 is 1.11 bits per heavy atom. The monoisotopic (exact) mass is 287 g/mol. The van der Waals surface area contributed by atoms with Crippen molar-refractivity contribution in [3.8, 4) is 0 Å². The van der Waals surface area contributed by atoms with Crippen LogP contribution in [0.4, 0.5) is 0 Å². The van der Waals surface area contributed by atoms with Crippen molar-refractivity contribution < 1.29 is 9.53 Å².